The van der Waals surface area contributed by atoms with E-state index in [2.05, 4.69) is 19.9 Å². The summed E-state index contributed by atoms with van der Waals surface area (Å²) in [7, 11) is 3.45. The zero-order valence-corrected chi connectivity index (χ0v) is 16.0. The van der Waals surface area contributed by atoms with Crippen molar-refractivity contribution in [2.75, 3.05) is 7.11 Å². The lowest BCUT2D eigenvalue weighted by molar-refractivity contribution is 0.411. The Morgan fingerprint density at radius 3 is 2.36 bits per heavy atom. The summed E-state index contributed by atoms with van der Waals surface area (Å²) < 4.78 is 8.83. The van der Waals surface area contributed by atoms with Gasteiger partial charge < -0.3 is 4.74 Å². The van der Waals surface area contributed by atoms with Gasteiger partial charge in [-0.3, -0.25) is 9.36 Å². The monoisotopic (exact) mass is 339 g/mol. The van der Waals surface area contributed by atoms with Gasteiger partial charge in [-0.1, -0.05) is 13.8 Å². The molecule has 5 heteroatoms. The van der Waals surface area contributed by atoms with Gasteiger partial charge in [-0.25, -0.2) is 4.52 Å². The van der Waals surface area contributed by atoms with Crippen molar-refractivity contribution < 1.29 is 4.74 Å². The van der Waals surface area contributed by atoms with Gasteiger partial charge in [0.2, 0.25) is 0 Å². The Kier molecular flexibility index (Phi) is 4.19. The number of aryl methyl sites for hydroxylation is 3. The van der Waals surface area contributed by atoms with Crippen molar-refractivity contribution >= 4 is 5.52 Å². The maximum absolute atomic E-state index is 13.1. The molecular formula is C20H25N3O2. The molecule has 0 N–H and O–H groups in total. The van der Waals surface area contributed by atoms with E-state index in [4.69, 9.17) is 9.84 Å². The molecule has 0 spiro atoms. The molecule has 3 aromatic rings. The molecule has 0 bridgehead atoms. The molecule has 3 rings (SSSR count). The predicted octanol–water partition coefficient (Wildman–Crippen LogP) is 3.76. The number of fused-ring (bicyclic) bond motifs is 1. The van der Waals surface area contributed by atoms with Gasteiger partial charge in [-0.2, -0.15) is 0 Å². The summed E-state index contributed by atoms with van der Waals surface area (Å²) in [4.78, 5) is 13.1. The molecular weight excluding hydrogens is 314 g/mol. The van der Waals surface area contributed by atoms with Crippen LogP contribution in [0, 0.1) is 20.8 Å². The maximum atomic E-state index is 13.1. The molecule has 5 nitrogen and oxygen atoms in total. The minimum Gasteiger partial charge on any atom is -0.496 e. The van der Waals surface area contributed by atoms with Gasteiger partial charge in [0.05, 0.1) is 7.11 Å². The van der Waals surface area contributed by atoms with Crippen LogP contribution in [0.15, 0.2) is 23.0 Å². The second-order valence-corrected chi connectivity index (χ2v) is 6.98. The highest BCUT2D eigenvalue weighted by Crippen LogP contribution is 2.29. The number of benzene rings is 1. The van der Waals surface area contributed by atoms with Gasteiger partial charge in [0, 0.05) is 18.3 Å². The van der Waals surface area contributed by atoms with E-state index < -0.39 is 0 Å². The van der Waals surface area contributed by atoms with E-state index in [0.717, 1.165) is 33.7 Å². The SMILES string of the molecule is COc1cc(C)c(-c2nn3c(C)cc(C(C)C)c3c(=O)n2C)cc1C. The minimum absolute atomic E-state index is 0.0188. The number of rotatable bonds is 3. The van der Waals surface area contributed by atoms with Gasteiger partial charge >= 0.3 is 0 Å². The van der Waals surface area contributed by atoms with Crippen LogP contribution in [0.1, 0.15) is 42.1 Å². The Labute approximate surface area is 147 Å². The molecule has 0 fully saturated rings. The first kappa shape index (κ1) is 17.3. The summed E-state index contributed by atoms with van der Waals surface area (Å²) in [6.07, 6.45) is 0. The van der Waals surface area contributed by atoms with Crippen molar-refractivity contribution in [2.45, 2.75) is 40.5 Å². The van der Waals surface area contributed by atoms with Crippen LogP contribution in [0.25, 0.3) is 16.9 Å². The third-order valence-corrected chi connectivity index (χ3v) is 4.81. The van der Waals surface area contributed by atoms with Crippen molar-refractivity contribution in [1.82, 2.24) is 14.2 Å². The summed E-state index contributed by atoms with van der Waals surface area (Å²) >= 11 is 0. The van der Waals surface area contributed by atoms with Crippen LogP contribution >= 0.6 is 0 Å². The highest BCUT2D eigenvalue weighted by Gasteiger charge is 2.19. The largest absolute Gasteiger partial charge is 0.496 e. The maximum Gasteiger partial charge on any atom is 0.278 e. The number of aromatic nitrogens is 3. The van der Waals surface area contributed by atoms with Crippen molar-refractivity contribution in [2.24, 2.45) is 7.05 Å². The molecule has 0 unspecified atom stereocenters. The number of nitrogens with zero attached hydrogens (tertiary/aromatic N) is 3. The van der Waals surface area contributed by atoms with Gasteiger partial charge in [-0.05, 0) is 61.6 Å². The number of hydrogen-bond donors (Lipinski definition) is 0. The molecule has 2 aromatic heterocycles. The van der Waals surface area contributed by atoms with Crippen LogP contribution in [0.2, 0.25) is 0 Å². The van der Waals surface area contributed by atoms with E-state index >= 15 is 0 Å². The van der Waals surface area contributed by atoms with Gasteiger partial charge in [0.25, 0.3) is 5.56 Å². The van der Waals surface area contributed by atoms with Gasteiger partial charge in [0.15, 0.2) is 5.82 Å². The molecule has 1 aromatic carbocycles. The third-order valence-electron chi connectivity index (χ3n) is 4.81. The summed E-state index contributed by atoms with van der Waals surface area (Å²) in [6.45, 7) is 10.2. The van der Waals surface area contributed by atoms with Crippen molar-refractivity contribution in [3.8, 4) is 17.1 Å². The summed E-state index contributed by atoms with van der Waals surface area (Å²) in [5.74, 6) is 1.77. The first-order chi connectivity index (χ1) is 11.8. The molecule has 0 aliphatic rings. The summed E-state index contributed by atoms with van der Waals surface area (Å²) in [6, 6.07) is 6.08. The first-order valence-corrected chi connectivity index (χ1v) is 8.51. The molecule has 0 aliphatic heterocycles. The molecule has 25 heavy (non-hydrogen) atoms. The molecule has 0 radical (unpaired) electrons. The normalized spacial score (nSPS) is 11.5. The Morgan fingerprint density at radius 2 is 1.76 bits per heavy atom. The summed E-state index contributed by atoms with van der Waals surface area (Å²) in [5.41, 5.74) is 5.65. The fraction of sp³-hybridized carbons (Fsp3) is 0.400. The molecule has 2 heterocycles. The van der Waals surface area contributed by atoms with Crippen molar-refractivity contribution in [3.05, 3.63) is 50.9 Å². The Balaban J connectivity index is 2.36. The van der Waals surface area contributed by atoms with E-state index in [9.17, 15) is 4.79 Å². The zero-order valence-electron chi connectivity index (χ0n) is 16.0. The first-order valence-electron chi connectivity index (χ1n) is 8.51. The average Bonchev–Trinajstić information content (AvgIpc) is 2.90. The second-order valence-electron chi connectivity index (χ2n) is 6.98. The molecule has 0 atom stereocenters. The van der Waals surface area contributed by atoms with Crippen LogP contribution in [0.5, 0.6) is 5.75 Å². The minimum atomic E-state index is -0.0188. The van der Waals surface area contributed by atoms with Crippen LogP contribution in [-0.2, 0) is 7.05 Å². The Hall–Kier alpha value is -2.56. The van der Waals surface area contributed by atoms with E-state index in [0.29, 0.717) is 11.3 Å². The molecule has 132 valence electrons. The fourth-order valence-corrected chi connectivity index (χ4v) is 3.34. The van der Waals surface area contributed by atoms with Crippen molar-refractivity contribution in [3.63, 3.8) is 0 Å². The number of methoxy groups -OCH3 is 1. The number of ether oxygens (including phenoxy) is 1. The van der Waals surface area contributed by atoms with E-state index in [-0.39, 0.29) is 11.5 Å². The smallest absolute Gasteiger partial charge is 0.278 e. The zero-order chi connectivity index (χ0) is 18.5. The molecule has 0 saturated heterocycles. The lowest BCUT2D eigenvalue weighted by Crippen LogP contribution is -2.24. The van der Waals surface area contributed by atoms with Crippen LogP contribution < -0.4 is 10.3 Å². The van der Waals surface area contributed by atoms with Crippen LogP contribution in [-0.4, -0.2) is 21.3 Å². The second kappa shape index (κ2) is 6.06. The van der Waals surface area contributed by atoms with Crippen molar-refractivity contribution in [1.29, 1.82) is 0 Å². The molecule has 0 amide bonds. The fourth-order valence-electron chi connectivity index (χ4n) is 3.34. The van der Waals surface area contributed by atoms with Gasteiger partial charge in [0.1, 0.15) is 11.3 Å². The Morgan fingerprint density at radius 1 is 1.08 bits per heavy atom. The standard InChI is InChI=1S/C20H25N3O2/c1-11(2)15-10-14(5)23-18(15)20(24)22(6)19(21-23)16-8-13(4)17(25-7)9-12(16)3/h8-11H,1-7H3. The van der Waals surface area contributed by atoms with Crippen LogP contribution in [0.4, 0.5) is 0 Å². The molecule has 0 aliphatic carbocycles. The molecule has 0 saturated carbocycles. The van der Waals surface area contributed by atoms with Crippen LogP contribution in [0.3, 0.4) is 0 Å². The Bertz CT molecular complexity index is 1030. The third kappa shape index (κ3) is 2.64. The van der Waals surface area contributed by atoms with E-state index in [1.807, 2.05) is 32.9 Å². The number of hydrogen-bond acceptors (Lipinski definition) is 3. The quantitative estimate of drug-likeness (QED) is 0.730. The lowest BCUT2D eigenvalue weighted by atomic mass is 10.0. The topological polar surface area (TPSA) is 48.5 Å². The highest BCUT2D eigenvalue weighted by atomic mass is 16.5. The van der Waals surface area contributed by atoms with E-state index in [1.165, 1.54) is 0 Å². The lowest BCUT2D eigenvalue weighted by Gasteiger charge is -2.14. The van der Waals surface area contributed by atoms with Gasteiger partial charge in [-0.15, -0.1) is 5.10 Å². The average molecular weight is 339 g/mol. The van der Waals surface area contributed by atoms with E-state index in [1.54, 1.807) is 23.2 Å². The predicted molar refractivity (Wildman–Crippen MR) is 101 cm³/mol. The highest BCUT2D eigenvalue weighted by molar-refractivity contribution is 5.66. The summed E-state index contributed by atoms with van der Waals surface area (Å²) in [5, 5.41) is 4.80.